The van der Waals surface area contributed by atoms with Crippen LogP contribution in [-0.2, 0) is 32.0 Å². The van der Waals surface area contributed by atoms with Crippen LogP contribution in [0.5, 0.6) is 5.75 Å². The molecule has 4 amide bonds. The van der Waals surface area contributed by atoms with Gasteiger partial charge in [-0.1, -0.05) is 74.6 Å². The summed E-state index contributed by atoms with van der Waals surface area (Å²) >= 11 is 0. The summed E-state index contributed by atoms with van der Waals surface area (Å²) in [7, 11) is 0. The zero-order chi connectivity index (χ0) is 30.9. The topological polar surface area (TPSA) is 110 Å². The van der Waals surface area contributed by atoms with E-state index in [1.165, 1.54) is 32.1 Å². The van der Waals surface area contributed by atoms with Gasteiger partial charge in [0, 0.05) is 38.8 Å². The maximum Gasteiger partial charge on any atom is 0.312 e. The number of rotatable bonds is 13. The fourth-order valence-electron chi connectivity index (χ4n) is 7.02. The fraction of sp³-hybridized carbons (Fsp3) is 0.543. The van der Waals surface area contributed by atoms with Gasteiger partial charge in [-0.2, -0.15) is 0 Å². The first-order valence-electron chi connectivity index (χ1n) is 16.4. The Bertz CT molecular complexity index is 1280. The van der Waals surface area contributed by atoms with Crippen molar-refractivity contribution in [3.63, 3.8) is 0 Å². The van der Waals surface area contributed by atoms with E-state index in [0.29, 0.717) is 57.9 Å². The summed E-state index contributed by atoms with van der Waals surface area (Å²) < 4.78 is 0. The fourth-order valence-corrected chi connectivity index (χ4v) is 7.02. The molecule has 0 radical (unpaired) electrons. The van der Waals surface area contributed by atoms with E-state index in [1.54, 1.807) is 26.8 Å². The van der Waals surface area contributed by atoms with E-state index in [4.69, 9.17) is 0 Å². The first-order chi connectivity index (χ1) is 21.4. The van der Waals surface area contributed by atoms with Crippen LogP contribution in [0.15, 0.2) is 54.6 Å². The molecular weight excluding hydrogens is 556 g/mol. The third-order valence-corrected chi connectivity index (χ3v) is 9.61. The maximum absolute atomic E-state index is 13.4. The molecule has 2 aromatic rings. The van der Waals surface area contributed by atoms with Gasteiger partial charge in [0.15, 0.2) is 0 Å². The summed E-state index contributed by atoms with van der Waals surface area (Å²) in [6.07, 6.45) is 10.6. The summed E-state index contributed by atoms with van der Waals surface area (Å²) in [5.74, 6) is -1.05. The first kappa shape index (κ1) is 31.5. The van der Waals surface area contributed by atoms with Crippen molar-refractivity contribution >= 4 is 23.6 Å². The average Bonchev–Trinajstić information content (AvgIpc) is 3.04. The van der Waals surface area contributed by atoms with E-state index in [9.17, 15) is 24.3 Å². The third-order valence-electron chi connectivity index (χ3n) is 9.61. The van der Waals surface area contributed by atoms with Crippen LogP contribution in [0.4, 0.5) is 0 Å². The maximum atomic E-state index is 13.4. The Labute approximate surface area is 260 Å². The van der Waals surface area contributed by atoms with E-state index < -0.39 is 23.6 Å². The molecule has 2 atom stereocenters. The van der Waals surface area contributed by atoms with Gasteiger partial charge in [-0.25, -0.2) is 0 Å². The first-order valence-corrected chi connectivity index (χ1v) is 16.4. The molecule has 9 heteroatoms. The number of carbonyl (C=O) groups is 4. The van der Waals surface area contributed by atoms with Crippen molar-refractivity contribution < 1.29 is 24.3 Å². The summed E-state index contributed by atoms with van der Waals surface area (Å²) in [5.41, 5.74) is 2.11. The molecule has 0 unspecified atom stereocenters. The second kappa shape index (κ2) is 15.2. The van der Waals surface area contributed by atoms with Gasteiger partial charge in [0.05, 0.1) is 6.04 Å². The number of phenols is 1. The summed E-state index contributed by atoms with van der Waals surface area (Å²) in [5, 5.41) is 12.5. The number of amides is 4. The molecule has 0 spiro atoms. The number of carbonyl (C=O) groups excluding carboxylic acids is 4. The summed E-state index contributed by atoms with van der Waals surface area (Å²) in [4.78, 5) is 56.7. The van der Waals surface area contributed by atoms with Crippen LogP contribution in [0.3, 0.4) is 0 Å². The molecule has 0 aromatic heterocycles. The Balaban J connectivity index is 1.17. The minimum Gasteiger partial charge on any atom is -0.508 e. The summed E-state index contributed by atoms with van der Waals surface area (Å²) in [6, 6.07) is 16.8. The quantitative estimate of drug-likeness (QED) is 0.269. The Kier molecular flexibility index (Phi) is 10.9. The predicted octanol–water partition coefficient (Wildman–Crippen LogP) is 3.68. The number of hydrogen-bond donors (Lipinski definition) is 2. The van der Waals surface area contributed by atoms with Crippen molar-refractivity contribution in [2.45, 2.75) is 82.7 Å². The largest absolute Gasteiger partial charge is 0.508 e. The Morgan fingerprint density at radius 1 is 0.705 bits per heavy atom. The van der Waals surface area contributed by atoms with E-state index in [2.05, 4.69) is 5.32 Å². The molecule has 44 heavy (non-hydrogen) atoms. The average molecular weight is 603 g/mol. The molecule has 0 bridgehead atoms. The van der Waals surface area contributed by atoms with E-state index >= 15 is 0 Å². The van der Waals surface area contributed by atoms with Crippen LogP contribution >= 0.6 is 0 Å². The van der Waals surface area contributed by atoms with Crippen LogP contribution in [0.2, 0.25) is 0 Å². The third kappa shape index (κ3) is 8.18. The van der Waals surface area contributed by atoms with Crippen LogP contribution in [0, 0.1) is 5.92 Å². The lowest BCUT2D eigenvalue weighted by Gasteiger charge is -2.41. The molecule has 1 aliphatic carbocycles. The molecule has 2 N–H and O–H groups in total. The normalized spacial score (nSPS) is 21.6. The van der Waals surface area contributed by atoms with Gasteiger partial charge < -0.3 is 25.1 Å². The van der Waals surface area contributed by atoms with Crippen molar-refractivity contribution in [2.24, 2.45) is 5.92 Å². The SMILES string of the molecule is O=C1NC[C@@H](CCCCN2C[C@H](Cc3ccc(O)cc3)N(CCc3ccccc3)C(=O)C2=O)N(CCC2CCCCC2)C1=O. The highest BCUT2D eigenvalue weighted by molar-refractivity contribution is 6.36. The van der Waals surface area contributed by atoms with Crippen LogP contribution < -0.4 is 5.32 Å². The highest BCUT2D eigenvalue weighted by Gasteiger charge is 2.39. The number of unbranched alkanes of at least 4 members (excludes halogenated alkanes) is 1. The Morgan fingerprint density at radius 2 is 1.43 bits per heavy atom. The number of benzene rings is 2. The van der Waals surface area contributed by atoms with E-state index in [0.717, 1.165) is 30.4 Å². The molecule has 5 rings (SSSR count). The van der Waals surface area contributed by atoms with Crippen molar-refractivity contribution in [1.82, 2.24) is 20.0 Å². The molecule has 1 saturated carbocycles. The van der Waals surface area contributed by atoms with Crippen molar-refractivity contribution in [3.05, 3.63) is 65.7 Å². The van der Waals surface area contributed by atoms with Crippen molar-refractivity contribution in [2.75, 3.05) is 32.7 Å². The number of piperazine rings is 2. The molecule has 9 nitrogen and oxygen atoms in total. The Hall–Kier alpha value is -3.88. The zero-order valence-corrected chi connectivity index (χ0v) is 25.7. The second-order valence-electron chi connectivity index (χ2n) is 12.7. The van der Waals surface area contributed by atoms with E-state index in [1.807, 2.05) is 42.5 Å². The van der Waals surface area contributed by atoms with E-state index in [-0.39, 0.29) is 17.8 Å². The molecular formula is C35H46N4O5. The Morgan fingerprint density at radius 3 is 2.18 bits per heavy atom. The van der Waals surface area contributed by atoms with Crippen LogP contribution in [-0.4, -0.2) is 88.2 Å². The zero-order valence-electron chi connectivity index (χ0n) is 25.7. The highest BCUT2D eigenvalue weighted by atomic mass is 16.3. The molecule has 2 heterocycles. The van der Waals surface area contributed by atoms with Crippen LogP contribution in [0.25, 0.3) is 0 Å². The standard InChI is InChI=1S/C35H46N4O5/c40-31-16-14-28(15-17-31)23-30-25-37(34(43)35(44)39(30)22-19-27-11-5-2-6-12-27)20-8-7-13-29-24-36-32(41)33(42)38(29)21-18-26-9-3-1-4-10-26/h2,5-6,11-12,14-17,26,29-30,40H,1,3-4,7-10,13,18-25H2,(H,36,41)/t29-,30+/m1/s1. The highest BCUT2D eigenvalue weighted by Crippen LogP contribution is 2.27. The van der Waals surface area contributed by atoms with Gasteiger partial charge in [0.25, 0.3) is 0 Å². The monoisotopic (exact) mass is 602 g/mol. The van der Waals surface area contributed by atoms with Gasteiger partial charge in [-0.05, 0) is 67.7 Å². The lowest BCUT2D eigenvalue weighted by atomic mass is 9.86. The molecule has 2 saturated heterocycles. The number of nitrogens with one attached hydrogen (secondary N) is 1. The molecule has 236 valence electrons. The predicted molar refractivity (Wildman–Crippen MR) is 168 cm³/mol. The summed E-state index contributed by atoms with van der Waals surface area (Å²) in [6.45, 7) is 2.47. The molecule has 2 aliphatic heterocycles. The van der Waals surface area contributed by atoms with Crippen molar-refractivity contribution in [3.8, 4) is 5.75 Å². The number of nitrogens with zero attached hydrogens (tertiary/aromatic N) is 3. The van der Waals surface area contributed by atoms with Crippen LogP contribution in [0.1, 0.15) is 68.9 Å². The lowest BCUT2D eigenvalue weighted by Crippen LogP contribution is -2.60. The second-order valence-corrected chi connectivity index (χ2v) is 12.7. The van der Waals surface area contributed by atoms with Gasteiger partial charge >= 0.3 is 23.6 Å². The van der Waals surface area contributed by atoms with Gasteiger partial charge in [-0.15, -0.1) is 0 Å². The number of aromatic hydroxyl groups is 1. The molecule has 2 aromatic carbocycles. The minimum atomic E-state index is -0.515. The lowest BCUT2D eigenvalue weighted by molar-refractivity contribution is -0.159. The van der Waals surface area contributed by atoms with Gasteiger partial charge in [0.2, 0.25) is 0 Å². The van der Waals surface area contributed by atoms with Gasteiger partial charge in [0.1, 0.15) is 5.75 Å². The molecule has 3 aliphatic rings. The van der Waals surface area contributed by atoms with Gasteiger partial charge in [-0.3, -0.25) is 19.2 Å². The smallest absolute Gasteiger partial charge is 0.312 e. The minimum absolute atomic E-state index is 0.0433. The number of hydrogen-bond acceptors (Lipinski definition) is 5. The molecule has 3 fully saturated rings. The number of phenolic OH excluding ortho intramolecular Hbond substituents is 1. The van der Waals surface area contributed by atoms with Crippen molar-refractivity contribution in [1.29, 1.82) is 0 Å².